The Hall–Kier alpha value is -1.38. The SMILES string of the molecule is NC(=S)c1ccc(Cl)c(NC(=O)COCC(F)(F)F)c1. The summed E-state index contributed by atoms with van der Waals surface area (Å²) in [6.45, 7) is -2.24. The molecule has 0 unspecified atom stereocenters. The molecular formula is C11H10ClF3N2O2S. The van der Waals surface area contributed by atoms with E-state index in [1.165, 1.54) is 12.1 Å². The average Bonchev–Trinajstić information content (AvgIpc) is 2.30. The van der Waals surface area contributed by atoms with Crippen molar-refractivity contribution in [3.8, 4) is 0 Å². The van der Waals surface area contributed by atoms with E-state index >= 15 is 0 Å². The molecule has 0 fully saturated rings. The summed E-state index contributed by atoms with van der Waals surface area (Å²) in [5, 5.41) is 2.52. The van der Waals surface area contributed by atoms with Crippen LogP contribution in [0.1, 0.15) is 5.56 Å². The van der Waals surface area contributed by atoms with E-state index in [-0.39, 0.29) is 15.7 Å². The van der Waals surface area contributed by atoms with E-state index in [4.69, 9.17) is 29.6 Å². The second-order valence-corrected chi connectivity index (χ2v) is 4.56. The molecule has 0 saturated heterocycles. The van der Waals surface area contributed by atoms with Gasteiger partial charge in [0.25, 0.3) is 0 Å². The van der Waals surface area contributed by atoms with Crippen molar-refractivity contribution in [1.82, 2.24) is 0 Å². The maximum atomic E-state index is 11.8. The minimum Gasteiger partial charge on any atom is -0.389 e. The van der Waals surface area contributed by atoms with E-state index in [0.717, 1.165) is 0 Å². The van der Waals surface area contributed by atoms with Gasteiger partial charge in [0, 0.05) is 5.56 Å². The lowest BCUT2D eigenvalue weighted by Gasteiger charge is -2.10. The summed E-state index contributed by atoms with van der Waals surface area (Å²) in [4.78, 5) is 11.5. The van der Waals surface area contributed by atoms with Crippen molar-refractivity contribution >= 4 is 40.4 Å². The molecule has 0 atom stereocenters. The second kappa shape index (κ2) is 6.87. The smallest absolute Gasteiger partial charge is 0.389 e. The van der Waals surface area contributed by atoms with E-state index in [2.05, 4.69) is 10.1 Å². The molecule has 9 heteroatoms. The summed E-state index contributed by atoms with van der Waals surface area (Å²) in [6, 6.07) is 4.44. The number of amides is 1. The number of alkyl halides is 3. The summed E-state index contributed by atoms with van der Waals surface area (Å²) in [5.74, 6) is -0.767. The molecular weight excluding hydrogens is 317 g/mol. The maximum absolute atomic E-state index is 11.8. The Morgan fingerprint density at radius 1 is 1.45 bits per heavy atom. The lowest BCUT2D eigenvalue weighted by atomic mass is 10.2. The third kappa shape index (κ3) is 5.72. The summed E-state index contributed by atoms with van der Waals surface area (Å²) >= 11 is 10.6. The van der Waals surface area contributed by atoms with Gasteiger partial charge in [-0.3, -0.25) is 4.79 Å². The van der Waals surface area contributed by atoms with Crippen LogP contribution in [0.25, 0.3) is 0 Å². The zero-order valence-corrected chi connectivity index (χ0v) is 11.5. The van der Waals surface area contributed by atoms with Crippen LogP contribution in [0.5, 0.6) is 0 Å². The van der Waals surface area contributed by atoms with Crippen LogP contribution < -0.4 is 11.1 Å². The van der Waals surface area contributed by atoms with Crippen molar-refractivity contribution in [1.29, 1.82) is 0 Å². The number of rotatable bonds is 5. The van der Waals surface area contributed by atoms with Crippen LogP contribution in [0.15, 0.2) is 18.2 Å². The van der Waals surface area contributed by atoms with Crippen molar-refractivity contribution in [2.24, 2.45) is 5.73 Å². The lowest BCUT2D eigenvalue weighted by Crippen LogP contribution is -2.24. The highest BCUT2D eigenvalue weighted by atomic mass is 35.5. The Balaban J connectivity index is 2.62. The molecule has 0 bridgehead atoms. The second-order valence-electron chi connectivity index (χ2n) is 3.72. The van der Waals surface area contributed by atoms with Gasteiger partial charge in [-0.1, -0.05) is 29.9 Å². The standard InChI is InChI=1S/C11H10ClF3N2O2S/c12-7-2-1-6(10(16)20)3-8(7)17-9(18)4-19-5-11(13,14)15/h1-3H,4-5H2,(H2,16,20)(H,17,18). The molecule has 0 aliphatic heterocycles. The first-order valence-electron chi connectivity index (χ1n) is 5.23. The molecule has 0 heterocycles. The number of carbonyl (C=O) groups is 1. The number of hydrogen-bond donors (Lipinski definition) is 2. The van der Waals surface area contributed by atoms with Crippen LogP contribution >= 0.6 is 23.8 Å². The topological polar surface area (TPSA) is 64.3 Å². The maximum Gasteiger partial charge on any atom is 0.411 e. The number of benzene rings is 1. The van der Waals surface area contributed by atoms with E-state index in [0.29, 0.717) is 5.56 Å². The Labute approximate surface area is 123 Å². The van der Waals surface area contributed by atoms with E-state index in [9.17, 15) is 18.0 Å². The molecule has 1 amide bonds. The van der Waals surface area contributed by atoms with Crippen LogP contribution in [0, 0.1) is 0 Å². The number of anilines is 1. The first-order valence-corrected chi connectivity index (χ1v) is 6.01. The minimum absolute atomic E-state index is 0.102. The number of halogens is 4. The normalized spacial score (nSPS) is 11.2. The zero-order valence-electron chi connectivity index (χ0n) is 9.96. The van der Waals surface area contributed by atoms with Crippen molar-refractivity contribution in [2.75, 3.05) is 18.5 Å². The molecule has 0 aliphatic rings. The zero-order chi connectivity index (χ0) is 15.3. The molecule has 0 aromatic heterocycles. The summed E-state index contributed by atoms with van der Waals surface area (Å²) < 4.78 is 39.7. The molecule has 0 spiro atoms. The van der Waals surface area contributed by atoms with Gasteiger partial charge in [-0.15, -0.1) is 0 Å². The van der Waals surface area contributed by atoms with Gasteiger partial charge in [0.15, 0.2) is 0 Å². The Morgan fingerprint density at radius 3 is 2.65 bits per heavy atom. The number of hydrogen-bond acceptors (Lipinski definition) is 3. The molecule has 0 aliphatic carbocycles. The molecule has 0 saturated carbocycles. The minimum atomic E-state index is -4.48. The third-order valence-electron chi connectivity index (χ3n) is 2.02. The predicted molar refractivity (Wildman–Crippen MR) is 72.8 cm³/mol. The third-order valence-corrected chi connectivity index (χ3v) is 2.59. The van der Waals surface area contributed by atoms with Crippen molar-refractivity contribution in [2.45, 2.75) is 6.18 Å². The number of thiocarbonyl (C=S) groups is 1. The number of nitrogens with one attached hydrogen (secondary N) is 1. The van der Waals surface area contributed by atoms with Crippen LogP contribution in [-0.4, -0.2) is 30.3 Å². The largest absolute Gasteiger partial charge is 0.411 e. The van der Waals surface area contributed by atoms with Crippen molar-refractivity contribution in [3.63, 3.8) is 0 Å². The number of carbonyl (C=O) groups excluding carboxylic acids is 1. The van der Waals surface area contributed by atoms with E-state index in [1.54, 1.807) is 6.07 Å². The molecule has 20 heavy (non-hydrogen) atoms. The fraction of sp³-hybridized carbons (Fsp3) is 0.273. The highest BCUT2D eigenvalue weighted by molar-refractivity contribution is 7.80. The van der Waals surface area contributed by atoms with E-state index < -0.39 is 25.3 Å². The quantitative estimate of drug-likeness (QED) is 0.816. The number of nitrogens with two attached hydrogens (primary N) is 1. The van der Waals surface area contributed by atoms with Gasteiger partial charge in [0.2, 0.25) is 5.91 Å². The molecule has 4 nitrogen and oxygen atoms in total. The molecule has 110 valence electrons. The van der Waals surface area contributed by atoms with Crippen LogP contribution in [0.2, 0.25) is 5.02 Å². The Morgan fingerprint density at radius 2 is 2.10 bits per heavy atom. The van der Waals surface area contributed by atoms with Crippen molar-refractivity contribution < 1.29 is 22.7 Å². The molecule has 1 aromatic carbocycles. The van der Waals surface area contributed by atoms with Gasteiger partial charge >= 0.3 is 6.18 Å². The number of ether oxygens (including phenoxy) is 1. The average molecular weight is 327 g/mol. The Bertz CT molecular complexity index is 523. The van der Waals surface area contributed by atoms with Crippen LogP contribution in [-0.2, 0) is 9.53 Å². The van der Waals surface area contributed by atoms with Gasteiger partial charge < -0.3 is 15.8 Å². The van der Waals surface area contributed by atoms with Gasteiger partial charge in [-0.25, -0.2) is 0 Å². The molecule has 0 radical (unpaired) electrons. The van der Waals surface area contributed by atoms with E-state index in [1.807, 2.05) is 0 Å². The summed E-state index contributed by atoms with van der Waals surface area (Å²) in [5.41, 5.74) is 6.08. The van der Waals surface area contributed by atoms with Crippen LogP contribution in [0.3, 0.4) is 0 Å². The van der Waals surface area contributed by atoms with Crippen LogP contribution in [0.4, 0.5) is 18.9 Å². The monoisotopic (exact) mass is 326 g/mol. The predicted octanol–water partition coefficient (Wildman–Crippen LogP) is 2.49. The van der Waals surface area contributed by atoms with Crippen molar-refractivity contribution in [3.05, 3.63) is 28.8 Å². The van der Waals surface area contributed by atoms with Gasteiger partial charge in [-0.05, 0) is 12.1 Å². The van der Waals surface area contributed by atoms with Gasteiger partial charge in [0.1, 0.15) is 18.2 Å². The highest BCUT2D eigenvalue weighted by Crippen LogP contribution is 2.23. The first kappa shape index (κ1) is 16.7. The first-order chi connectivity index (χ1) is 9.19. The molecule has 3 N–H and O–H groups in total. The molecule has 1 rings (SSSR count). The van der Waals surface area contributed by atoms with Gasteiger partial charge in [-0.2, -0.15) is 13.2 Å². The fourth-order valence-corrected chi connectivity index (χ4v) is 1.51. The lowest BCUT2D eigenvalue weighted by molar-refractivity contribution is -0.174. The van der Waals surface area contributed by atoms with Gasteiger partial charge in [0.05, 0.1) is 10.7 Å². The fourth-order valence-electron chi connectivity index (χ4n) is 1.22. The Kier molecular flexibility index (Phi) is 5.73. The highest BCUT2D eigenvalue weighted by Gasteiger charge is 2.27. The summed E-state index contributed by atoms with van der Waals surface area (Å²) in [7, 11) is 0. The molecule has 1 aromatic rings. The summed E-state index contributed by atoms with van der Waals surface area (Å²) in [6.07, 6.45) is -4.48.